The van der Waals surface area contributed by atoms with Gasteiger partial charge in [0.1, 0.15) is 0 Å². The molecule has 1 heterocycles. The molecule has 0 aliphatic carbocycles. The van der Waals surface area contributed by atoms with E-state index < -0.39 is 0 Å². The van der Waals surface area contributed by atoms with Crippen LogP contribution < -0.4 is 0 Å². The van der Waals surface area contributed by atoms with Gasteiger partial charge < -0.3 is 5.11 Å². The minimum Gasteiger partial charge on any atom is -0.392 e. The van der Waals surface area contributed by atoms with Crippen LogP contribution in [0.5, 0.6) is 0 Å². The van der Waals surface area contributed by atoms with Gasteiger partial charge in [0.25, 0.3) is 0 Å². The van der Waals surface area contributed by atoms with E-state index in [2.05, 4.69) is 18.1 Å². The summed E-state index contributed by atoms with van der Waals surface area (Å²) in [6, 6.07) is 0.322. The highest BCUT2D eigenvalue weighted by Gasteiger charge is 2.24. The average Bonchev–Trinajstić information content (AvgIpc) is 2.17. The van der Waals surface area contributed by atoms with E-state index in [9.17, 15) is 5.11 Å². The van der Waals surface area contributed by atoms with Crippen molar-refractivity contribution >= 4 is 11.8 Å². The first-order chi connectivity index (χ1) is 6.15. The zero-order valence-corrected chi connectivity index (χ0v) is 9.68. The largest absolute Gasteiger partial charge is 0.392 e. The first-order valence-electron chi connectivity index (χ1n) is 5.10. The number of thioether (sulfide) groups is 1. The average molecular weight is 203 g/mol. The smallest absolute Gasteiger partial charge is 0.0664 e. The van der Waals surface area contributed by atoms with Crippen molar-refractivity contribution in [3.8, 4) is 0 Å². The Morgan fingerprint density at radius 2 is 1.85 bits per heavy atom. The number of hydrogen-bond acceptors (Lipinski definition) is 3. The highest BCUT2D eigenvalue weighted by molar-refractivity contribution is 7.99. The molecule has 2 atom stereocenters. The van der Waals surface area contributed by atoms with E-state index >= 15 is 0 Å². The summed E-state index contributed by atoms with van der Waals surface area (Å²) in [6.45, 7) is 6.30. The molecule has 1 fully saturated rings. The van der Waals surface area contributed by atoms with Gasteiger partial charge >= 0.3 is 0 Å². The van der Waals surface area contributed by atoms with Gasteiger partial charge in [-0.1, -0.05) is 0 Å². The quantitative estimate of drug-likeness (QED) is 0.753. The lowest BCUT2D eigenvalue weighted by molar-refractivity contribution is 0.0601. The second-order valence-corrected chi connectivity index (χ2v) is 5.09. The second-order valence-electron chi connectivity index (χ2n) is 3.95. The highest BCUT2D eigenvalue weighted by Crippen LogP contribution is 2.22. The molecule has 13 heavy (non-hydrogen) atoms. The Labute approximate surface area is 85.7 Å². The Hall–Kier alpha value is 0.270. The normalized spacial score (nSPS) is 25.8. The Morgan fingerprint density at radius 3 is 2.23 bits per heavy atom. The molecule has 0 aromatic rings. The predicted molar refractivity (Wildman–Crippen MR) is 59.3 cm³/mol. The molecule has 1 aliphatic rings. The third kappa shape index (κ3) is 3.15. The number of piperidine rings is 1. The Bertz CT molecular complexity index is 144. The van der Waals surface area contributed by atoms with Gasteiger partial charge in [0.15, 0.2) is 0 Å². The highest BCUT2D eigenvalue weighted by atomic mass is 32.2. The third-order valence-electron chi connectivity index (χ3n) is 3.08. The molecule has 78 valence electrons. The number of rotatable bonds is 3. The summed E-state index contributed by atoms with van der Waals surface area (Å²) in [4.78, 5) is 2.40. The number of likely N-dealkylation sites (tertiary alicyclic amines) is 1. The molecule has 0 aromatic heterocycles. The van der Waals surface area contributed by atoms with Crippen molar-refractivity contribution in [2.24, 2.45) is 0 Å². The molecule has 1 aliphatic heterocycles. The van der Waals surface area contributed by atoms with Crippen molar-refractivity contribution in [1.29, 1.82) is 0 Å². The predicted octanol–water partition coefficient (Wildman–Crippen LogP) is 1.58. The fourth-order valence-electron chi connectivity index (χ4n) is 1.82. The van der Waals surface area contributed by atoms with E-state index in [1.807, 2.05) is 18.7 Å². The summed E-state index contributed by atoms with van der Waals surface area (Å²) in [5.74, 6) is 0. The maximum atomic E-state index is 9.45. The van der Waals surface area contributed by atoms with E-state index in [0.717, 1.165) is 18.3 Å². The minimum absolute atomic E-state index is 0.203. The molecule has 1 rings (SSSR count). The molecule has 2 nitrogen and oxygen atoms in total. The fourth-order valence-corrected chi connectivity index (χ4v) is 2.51. The monoisotopic (exact) mass is 203 g/mol. The number of nitrogens with zero attached hydrogens (tertiary/aromatic N) is 1. The SMILES string of the molecule is CSC1CCN(C(C)C(C)O)CC1. The molecule has 1 N–H and O–H groups in total. The van der Waals surface area contributed by atoms with Gasteiger partial charge in [-0.15, -0.1) is 0 Å². The van der Waals surface area contributed by atoms with Crippen LogP contribution in [0.3, 0.4) is 0 Å². The molecule has 0 saturated carbocycles. The standard InChI is InChI=1S/C10H21NOS/c1-8(9(2)12)11-6-4-10(13-3)5-7-11/h8-10,12H,4-7H2,1-3H3. The second kappa shape index (κ2) is 5.23. The number of aliphatic hydroxyl groups is 1. The molecule has 3 heteroatoms. The summed E-state index contributed by atoms with van der Waals surface area (Å²) >= 11 is 1.98. The zero-order valence-electron chi connectivity index (χ0n) is 8.86. The molecule has 1 saturated heterocycles. The van der Waals surface area contributed by atoms with E-state index in [-0.39, 0.29) is 6.10 Å². The lowest BCUT2D eigenvalue weighted by atomic mass is 10.1. The lowest BCUT2D eigenvalue weighted by Crippen LogP contribution is -2.45. The van der Waals surface area contributed by atoms with Crippen LogP contribution in [0.4, 0.5) is 0 Å². The van der Waals surface area contributed by atoms with E-state index in [4.69, 9.17) is 0 Å². The molecule has 0 bridgehead atoms. The third-order valence-corrected chi connectivity index (χ3v) is 4.22. The van der Waals surface area contributed by atoms with Crippen molar-refractivity contribution in [3.63, 3.8) is 0 Å². The summed E-state index contributed by atoms with van der Waals surface area (Å²) in [6.07, 6.45) is 4.54. The van der Waals surface area contributed by atoms with Crippen molar-refractivity contribution < 1.29 is 5.11 Å². The molecular weight excluding hydrogens is 182 g/mol. The maximum Gasteiger partial charge on any atom is 0.0664 e. The first-order valence-corrected chi connectivity index (χ1v) is 6.39. The fraction of sp³-hybridized carbons (Fsp3) is 1.00. The van der Waals surface area contributed by atoms with E-state index in [1.54, 1.807) is 0 Å². The topological polar surface area (TPSA) is 23.5 Å². The number of hydrogen-bond donors (Lipinski definition) is 1. The van der Waals surface area contributed by atoms with Crippen LogP contribution in [0.2, 0.25) is 0 Å². The van der Waals surface area contributed by atoms with Crippen LogP contribution in [0.25, 0.3) is 0 Å². The van der Waals surface area contributed by atoms with Gasteiger partial charge in [0.2, 0.25) is 0 Å². The summed E-state index contributed by atoms with van der Waals surface area (Å²) in [5, 5.41) is 10.3. The van der Waals surface area contributed by atoms with Crippen molar-refractivity contribution in [2.75, 3.05) is 19.3 Å². The van der Waals surface area contributed by atoms with Crippen LogP contribution in [0.1, 0.15) is 26.7 Å². The Balaban J connectivity index is 2.32. The molecule has 2 unspecified atom stereocenters. The Morgan fingerprint density at radius 1 is 1.31 bits per heavy atom. The molecular formula is C10H21NOS. The van der Waals surface area contributed by atoms with Crippen LogP contribution in [-0.4, -0.2) is 46.7 Å². The van der Waals surface area contributed by atoms with Gasteiger partial charge in [0.05, 0.1) is 6.10 Å². The molecule has 0 aromatic carbocycles. The van der Waals surface area contributed by atoms with Crippen LogP contribution in [0, 0.1) is 0 Å². The van der Waals surface area contributed by atoms with Gasteiger partial charge in [0, 0.05) is 11.3 Å². The summed E-state index contributed by atoms with van der Waals surface area (Å²) < 4.78 is 0. The van der Waals surface area contributed by atoms with E-state index in [1.165, 1.54) is 12.8 Å². The van der Waals surface area contributed by atoms with Crippen LogP contribution >= 0.6 is 11.8 Å². The number of aliphatic hydroxyl groups excluding tert-OH is 1. The maximum absolute atomic E-state index is 9.45. The Kier molecular flexibility index (Phi) is 4.56. The van der Waals surface area contributed by atoms with Crippen molar-refractivity contribution in [2.45, 2.75) is 44.1 Å². The lowest BCUT2D eigenvalue weighted by Gasteiger charge is -2.36. The van der Waals surface area contributed by atoms with Crippen molar-refractivity contribution in [1.82, 2.24) is 4.90 Å². The molecule has 0 amide bonds. The van der Waals surface area contributed by atoms with Gasteiger partial charge in [-0.05, 0) is 46.0 Å². The van der Waals surface area contributed by atoms with Gasteiger partial charge in [-0.25, -0.2) is 0 Å². The zero-order chi connectivity index (χ0) is 9.84. The first kappa shape index (κ1) is 11.3. The molecule has 0 spiro atoms. The van der Waals surface area contributed by atoms with Crippen LogP contribution in [0.15, 0.2) is 0 Å². The van der Waals surface area contributed by atoms with Crippen molar-refractivity contribution in [3.05, 3.63) is 0 Å². The van der Waals surface area contributed by atoms with E-state index in [0.29, 0.717) is 6.04 Å². The summed E-state index contributed by atoms with van der Waals surface area (Å²) in [5.41, 5.74) is 0. The summed E-state index contributed by atoms with van der Waals surface area (Å²) in [7, 11) is 0. The molecule has 0 radical (unpaired) electrons. The minimum atomic E-state index is -0.203. The van der Waals surface area contributed by atoms with Gasteiger partial charge in [-0.2, -0.15) is 11.8 Å². The van der Waals surface area contributed by atoms with Gasteiger partial charge in [-0.3, -0.25) is 4.90 Å². The van der Waals surface area contributed by atoms with Crippen LogP contribution in [-0.2, 0) is 0 Å².